The van der Waals surface area contributed by atoms with E-state index in [1.807, 2.05) is 0 Å². The van der Waals surface area contributed by atoms with E-state index in [9.17, 15) is 0 Å². The molecule has 0 saturated heterocycles. The van der Waals surface area contributed by atoms with Gasteiger partial charge in [-0.25, -0.2) is 0 Å². The Balaban J connectivity index is 3.33. The third-order valence-electron chi connectivity index (χ3n) is 1.09. The monoisotopic (exact) mass is 199 g/mol. The van der Waals surface area contributed by atoms with Crippen LogP contribution < -0.4 is 5.49 Å². The number of nitrogens with zero attached hydrogens (tertiary/aromatic N) is 1. The van der Waals surface area contributed by atoms with E-state index in [0.29, 0.717) is 5.49 Å². The average Bonchev–Trinajstić information content (AvgIpc) is 1.88. The van der Waals surface area contributed by atoms with Gasteiger partial charge in [0.05, 0.1) is 6.34 Å². The van der Waals surface area contributed by atoms with E-state index < -0.39 is 0 Å². The number of rotatable bonds is 1. The van der Waals surface area contributed by atoms with Crippen LogP contribution in [0.3, 0.4) is 0 Å². The molecular formula is C6H6BrN3. The molecule has 0 bridgehead atoms. The lowest BCUT2D eigenvalue weighted by atomic mass is 10.5. The van der Waals surface area contributed by atoms with Crippen LogP contribution >= 0.6 is 15.9 Å². The van der Waals surface area contributed by atoms with Crippen molar-refractivity contribution < 1.29 is 0 Å². The lowest BCUT2D eigenvalue weighted by molar-refractivity contribution is 0.982. The summed E-state index contributed by atoms with van der Waals surface area (Å²) < 4.78 is 2.26. The molecule has 1 aromatic rings. The Morgan fingerprint density at radius 1 is 1.60 bits per heavy atom. The fourth-order valence-electron chi connectivity index (χ4n) is 0.598. The van der Waals surface area contributed by atoms with Gasteiger partial charge >= 0.3 is 0 Å². The van der Waals surface area contributed by atoms with Crippen LogP contribution in [-0.4, -0.2) is 10.9 Å². The third kappa shape index (κ3) is 1.33. The zero-order chi connectivity index (χ0) is 7.56. The summed E-state index contributed by atoms with van der Waals surface area (Å²) in [6.07, 6.45) is 2.74. The first kappa shape index (κ1) is 7.21. The van der Waals surface area contributed by atoms with Crippen molar-refractivity contribution in [2.24, 2.45) is 0 Å². The molecule has 52 valence electrons. The molecule has 1 rings (SSSR count). The maximum atomic E-state index is 7.29. The number of pyridine rings is 1. The number of hydrogen-bond donors (Lipinski definition) is 2. The van der Waals surface area contributed by atoms with Crippen LogP contribution in [0.15, 0.2) is 22.8 Å². The Labute approximate surface area is 66.5 Å². The third-order valence-corrected chi connectivity index (χ3v) is 1.58. The minimum Gasteiger partial charge on any atom is -0.293 e. The molecule has 10 heavy (non-hydrogen) atoms. The van der Waals surface area contributed by atoms with E-state index in [1.165, 1.54) is 4.57 Å². The Bertz CT molecular complexity index is 302. The fraction of sp³-hybridized carbons (Fsp3) is 0. The second-order valence-electron chi connectivity index (χ2n) is 1.77. The molecule has 0 spiro atoms. The summed E-state index contributed by atoms with van der Waals surface area (Å²) in [7, 11) is 0. The van der Waals surface area contributed by atoms with E-state index >= 15 is 0 Å². The highest BCUT2D eigenvalue weighted by Crippen LogP contribution is 2.02. The molecule has 0 radical (unpaired) electrons. The van der Waals surface area contributed by atoms with Gasteiger partial charge in [0.15, 0.2) is 0 Å². The van der Waals surface area contributed by atoms with Crippen LogP contribution in [0.5, 0.6) is 0 Å². The minimum absolute atomic E-state index is 0.296. The molecule has 0 fully saturated rings. The van der Waals surface area contributed by atoms with Crippen molar-refractivity contribution in [3.05, 3.63) is 28.3 Å². The van der Waals surface area contributed by atoms with Crippen LogP contribution in [-0.2, 0) is 0 Å². The van der Waals surface area contributed by atoms with E-state index in [0.717, 1.165) is 10.8 Å². The molecule has 3 nitrogen and oxygen atoms in total. The zero-order valence-corrected chi connectivity index (χ0v) is 6.72. The summed E-state index contributed by atoms with van der Waals surface area (Å²) in [6, 6.07) is 3.41. The van der Waals surface area contributed by atoms with Crippen LogP contribution in [0.1, 0.15) is 0 Å². The first-order valence-corrected chi connectivity index (χ1v) is 3.46. The summed E-state index contributed by atoms with van der Waals surface area (Å²) in [5.74, 6) is 0. The molecule has 1 aromatic heterocycles. The molecule has 0 unspecified atom stereocenters. The Morgan fingerprint density at radius 2 is 2.30 bits per heavy atom. The van der Waals surface area contributed by atoms with Crippen LogP contribution in [0.2, 0.25) is 0 Å². The SMILES string of the molecule is N=Cn1ccc(Br)cc1=N. The van der Waals surface area contributed by atoms with Gasteiger partial charge in [0.2, 0.25) is 0 Å². The maximum absolute atomic E-state index is 7.29. The molecule has 0 atom stereocenters. The summed E-state index contributed by atoms with van der Waals surface area (Å²) in [6.45, 7) is 0. The summed E-state index contributed by atoms with van der Waals surface area (Å²) >= 11 is 3.22. The number of halogens is 1. The van der Waals surface area contributed by atoms with Gasteiger partial charge in [0.1, 0.15) is 5.49 Å². The Morgan fingerprint density at radius 3 is 2.80 bits per heavy atom. The molecule has 0 aliphatic rings. The van der Waals surface area contributed by atoms with Crippen molar-refractivity contribution in [3.8, 4) is 0 Å². The van der Waals surface area contributed by atoms with Crippen LogP contribution in [0.25, 0.3) is 0 Å². The van der Waals surface area contributed by atoms with E-state index in [1.54, 1.807) is 18.3 Å². The Hall–Kier alpha value is -0.900. The largest absolute Gasteiger partial charge is 0.293 e. The van der Waals surface area contributed by atoms with Gasteiger partial charge in [0, 0.05) is 10.7 Å². The highest BCUT2D eigenvalue weighted by atomic mass is 79.9. The molecule has 0 amide bonds. The van der Waals surface area contributed by atoms with Crippen molar-refractivity contribution in [1.82, 2.24) is 4.57 Å². The van der Waals surface area contributed by atoms with Crippen molar-refractivity contribution in [3.63, 3.8) is 0 Å². The first-order valence-electron chi connectivity index (χ1n) is 2.67. The van der Waals surface area contributed by atoms with Crippen molar-refractivity contribution in [2.75, 3.05) is 0 Å². The predicted octanol–water partition coefficient (Wildman–Crippen LogP) is 1.19. The second kappa shape index (κ2) is 2.79. The quantitative estimate of drug-likeness (QED) is 0.505. The topological polar surface area (TPSA) is 52.6 Å². The lowest BCUT2D eigenvalue weighted by Gasteiger charge is -1.96. The number of aromatic nitrogens is 1. The van der Waals surface area contributed by atoms with Gasteiger partial charge in [-0.15, -0.1) is 0 Å². The molecule has 0 aliphatic carbocycles. The van der Waals surface area contributed by atoms with Gasteiger partial charge in [-0.2, -0.15) is 0 Å². The van der Waals surface area contributed by atoms with Crippen LogP contribution in [0, 0.1) is 10.8 Å². The van der Waals surface area contributed by atoms with Crippen molar-refractivity contribution in [2.45, 2.75) is 0 Å². The molecule has 0 aromatic carbocycles. The smallest absolute Gasteiger partial charge is 0.131 e. The standard InChI is InChI=1S/C6H6BrN3/c7-5-1-2-10(4-8)6(9)3-5/h1-4,8-9H. The van der Waals surface area contributed by atoms with Gasteiger partial charge in [0.25, 0.3) is 0 Å². The fourth-order valence-corrected chi connectivity index (χ4v) is 0.933. The molecule has 0 saturated carbocycles. The molecular weight excluding hydrogens is 194 g/mol. The minimum atomic E-state index is 0.296. The summed E-state index contributed by atoms with van der Waals surface area (Å²) in [5.41, 5.74) is 0.296. The van der Waals surface area contributed by atoms with Crippen molar-refractivity contribution in [1.29, 1.82) is 10.8 Å². The second-order valence-corrected chi connectivity index (χ2v) is 2.68. The van der Waals surface area contributed by atoms with Crippen molar-refractivity contribution >= 4 is 22.3 Å². The van der Waals surface area contributed by atoms with Gasteiger partial charge in [-0.3, -0.25) is 15.4 Å². The molecule has 0 aliphatic heterocycles. The predicted molar refractivity (Wildman–Crippen MR) is 42.2 cm³/mol. The maximum Gasteiger partial charge on any atom is 0.131 e. The number of nitrogens with one attached hydrogen (secondary N) is 2. The molecule has 4 heteroatoms. The highest BCUT2D eigenvalue weighted by Gasteiger charge is 1.87. The zero-order valence-electron chi connectivity index (χ0n) is 5.13. The van der Waals surface area contributed by atoms with E-state index in [-0.39, 0.29) is 0 Å². The molecule has 1 heterocycles. The first-order chi connectivity index (χ1) is 4.74. The van der Waals surface area contributed by atoms with E-state index in [2.05, 4.69) is 15.9 Å². The van der Waals surface area contributed by atoms with Gasteiger partial charge in [-0.05, 0) is 12.1 Å². The molecule has 2 N–H and O–H groups in total. The van der Waals surface area contributed by atoms with Gasteiger partial charge in [-0.1, -0.05) is 15.9 Å². The normalized spacial score (nSPS) is 9.30. The summed E-state index contributed by atoms with van der Waals surface area (Å²) in [4.78, 5) is 0. The lowest BCUT2D eigenvalue weighted by Crippen LogP contribution is -2.16. The highest BCUT2D eigenvalue weighted by molar-refractivity contribution is 9.10. The Kier molecular flexibility index (Phi) is 2.01. The van der Waals surface area contributed by atoms with Gasteiger partial charge < -0.3 is 0 Å². The number of hydrogen-bond acceptors (Lipinski definition) is 2. The summed E-state index contributed by atoms with van der Waals surface area (Å²) in [5, 5.41) is 14.2. The average molecular weight is 200 g/mol. The van der Waals surface area contributed by atoms with Crippen LogP contribution in [0.4, 0.5) is 0 Å². The van der Waals surface area contributed by atoms with E-state index in [4.69, 9.17) is 10.8 Å².